The molecule has 0 unspecified atom stereocenters. The Hall–Kier alpha value is 1.85. The van der Waals surface area contributed by atoms with Crippen molar-refractivity contribution >= 4 is 48.4 Å². The fraction of sp³-hybridized carbons (Fsp3) is 1.00. The van der Waals surface area contributed by atoms with Crippen molar-refractivity contribution < 1.29 is 0 Å². The third-order valence-electron chi connectivity index (χ3n) is 2.25. The summed E-state index contributed by atoms with van der Waals surface area (Å²) in [6, 6.07) is 0. The third kappa shape index (κ3) is 3.13. The fourth-order valence-corrected chi connectivity index (χ4v) is 0. The molecule has 0 saturated heterocycles. The van der Waals surface area contributed by atoms with Crippen molar-refractivity contribution in [2.75, 3.05) is 0 Å². The Morgan fingerprint density at radius 1 is 1.12 bits per heavy atom. The predicted molar refractivity (Wildman–Crippen MR) is 43.0 cm³/mol. The van der Waals surface area contributed by atoms with Crippen LogP contribution in [0.3, 0.4) is 0 Å². The van der Waals surface area contributed by atoms with Crippen LogP contribution in [-0.4, -0.2) is 48.4 Å². The predicted octanol–water partition coefficient (Wildman–Crippen LogP) is 2.16. The van der Waals surface area contributed by atoms with Crippen molar-refractivity contribution in [1.29, 1.82) is 0 Å². The molecular weight excluding hydrogens is 139 g/mol. The first-order chi connectivity index (χ1) is 3.25. The molecule has 0 aliphatic rings. The third-order valence-corrected chi connectivity index (χ3v) is 13.8. The second-order valence-corrected chi connectivity index (χ2v) is 22.2. The molecule has 0 aromatic heterocycles. The van der Waals surface area contributed by atoms with Crippen LogP contribution >= 0.6 is 0 Å². The van der Waals surface area contributed by atoms with E-state index in [0.29, 0.717) is 5.04 Å². The summed E-state index contributed by atoms with van der Waals surface area (Å²) in [5, 5.41) is 0.660. The minimum absolute atomic E-state index is 0.660. The Morgan fingerprint density at radius 3 is 1.25 bits per heavy atom. The molecule has 2 heteroatoms. The van der Waals surface area contributed by atoms with E-state index in [1.165, 1.54) is 0 Å². The molecule has 0 amide bonds. The molecule has 0 heterocycles. The van der Waals surface area contributed by atoms with Gasteiger partial charge in [0.2, 0.25) is 0 Å². The molecule has 8 heavy (non-hydrogen) atoms. The van der Waals surface area contributed by atoms with Gasteiger partial charge >= 0.3 is 87.3 Å². The van der Waals surface area contributed by atoms with E-state index in [1.807, 2.05) is 0 Å². The minimum atomic E-state index is -0.671. The van der Waals surface area contributed by atoms with Gasteiger partial charge < -0.3 is 0 Å². The molecule has 0 aliphatic carbocycles. The topological polar surface area (TPSA) is 0 Å². The average Bonchev–Trinajstić information content (AvgIpc) is 1.25. The summed E-state index contributed by atoms with van der Waals surface area (Å²) in [5.74, 6) is 0. The van der Waals surface area contributed by atoms with Gasteiger partial charge in [0.05, 0.1) is 0 Å². The molecule has 0 aromatic carbocycles. The van der Waals surface area contributed by atoms with Crippen LogP contribution in [0.15, 0.2) is 0 Å². The van der Waals surface area contributed by atoms with Crippen LogP contribution in [0.5, 0.6) is 0 Å². The molecule has 0 saturated carbocycles. The van der Waals surface area contributed by atoms with E-state index < -0.39 is 0.755 Å². The molecule has 0 rings (SSSR count). The van der Waals surface area contributed by atoms with E-state index in [-0.39, 0.29) is 0 Å². The average molecular weight is 154 g/mol. The van der Waals surface area contributed by atoms with Crippen LogP contribution in [-0.2, 0) is 0 Å². The van der Waals surface area contributed by atoms with Gasteiger partial charge in [0, 0.05) is 0 Å². The normalized spacial score (nSPS) is 14.4. The van der Waals surface area contributed by atoms with Crippen LogP contribution in [0.4, 0.5) is 0 Å². The van der Waals surface area contributed by atoms with Crippen LogP contribution in [0, 0.1) is 0 Å². The summed E-state index contributed by atoms with van der Waals surface area (Å²) in [4.78, 5) is 0. The monoisotopic (exact) mass is 154 g/mol. The second-order valence-electron chi connectivity index (χ2n) is 4.50. The van der Waals surface area contributed by atoms with Gasteiger partial charge in [-0.05, 0) is 0 Å². The van der Waals surface area contributed by atoms with Crippen LogP contribution in [0.1, 0.15) is 20.8 Å². The Kier molecular flexibility index (Phi) is 3.50. The van der Waals surface area contributed by atoms with E-state index in [4.69, 9.17) is 0 Å². The summed E-state index contributed by atoms with van der Waals surface area (Å²) >= 11 is 1.08. The van der Waals surface area contributed by atoms with Crippen molar-refractivity contribution in [2.45, 2.75) is 38.9 Å². The van der Waals surface area contributed by atoms with Crippen LogP contribution in [0.25, 0.3) is 0 Å². The van der Waals surface area contributed by atoms with Gasteiger partial charge in [-0.3, -0.25) is 0 Å². The molecule has 0 aliphatic heterocycles. The van der Waals surface area contributed by atoms with Crippen LogP contribution in [0.2, 0.25) is 18.1 Å². The zero-order valence-electron chi connectivity index (χ0n) is 7.00. The Bertz CT molecular complexity index is 63.5. The summed E-state index contributed by atoms with van der Waals surface area (Å²) in [6.07, 6.45) is 0. The van der Waals surface area contributed by atoms with E-state index >= 15 is 0 Å². The van der Waals surface area contributed by atoms with E-state index in [2.05, 4.69) is 33.9 Å². The van der Waals surface area contributed by atoms with E-state index in [9.17, 15) is 0 Å². The van der Waals surface area contributed by atoms with Crippen molar-refractivity contribution in [3.63, 3.8) is 0 Å². The van der Waals surface area contributed by atoms with Crippen LogP contribution < -0.4 is 0 Å². The first-order valence-corrected chi connectivity index (χ1v) is 11.4. The maximum absolute atomic E-state index is 2.49. The van der Waals surface area contributed by atoms with Gasteiger partial charge in [0.15, 0.2) is 0 Å². The summed E-state index contributed by atoms with van der Waals surface area (Å²) in [6.45, 7) is 12.1. The summed E-state index contributed by atoms with van der Waals surface area (Å²) in [5.41, 5.74) is 0. The van der Waals surface area contributed by atoms with Gasteiger partial charge in [-0.25, -0.2) is 0 Å². The maximum atomic E-state index is 2.49. The van der Waals surface area contributed by atoms with Gasteiger partial charge in [0.25, 0.3) is 0 Å². The summed E-state index contributed by atoms with van der Waals surface area (Å²) < 4.78 is -0.671. The zero-order valence-corrected chi connectivity index (χ0v) is 11.1. The molecule has 44 valence electrons. The molecule has 0 aromatic rings. The van der Waals surface area contributed by atoms with Gasteiger partial charge in [-0.15, -0.1) is 0 Å². The van der Waals surface area contributed by atoms with Gasteiger partial charge in [0.1, 0.15) is 0 Å². The van der Waals surface area contributed by atoms with E-state index in [0.717, 1.165) is 47.7 Å². The number of hydrogen-bond acceptors (Lipinski definition) is 0. The SMILES string of the molecule is CC(C)(C)[Si](C)(C)[K]. The Morgan fingerprint density at radius 2 is 1.25 bits per heavy atom. The molecule has 0 atom stereocenters. The molecule has 0 bridgehead atoms. The first-order valence-electron chi connectivity index (χ1n) is 3.25. The van der Waals surface area contributed by atoms with Crippen molar-refractivity contribution in [3.8, 4) is 0 Å². The number of rotatable bonds is 0. The summed E-state index contributed by atoms with van der Waals surface area (Å²) in [7, 11) is 0. The van der Waals surface area contributed by atoms with E-state index in [1.54, 1.807) is 0 Å². The Labute approximate surface area is 85.7 Å². The zero-order chi connectivity index (χ0) is 7.00. The van der Waals surface area contributed by atoms with Gasteiger partial charge in [-0.2, -0.15) is 0 Å². The molecule has 0 N–H and O–H groups in total. The molecule has 0 nitrogen and oxygen atoms in total. The second kappa shape index (κ2) is 2.85. The molecule has 0 spiro atoms. The number of hydrogen-bond donors (Lipinski definition) is 0. The van der Waals surface area contributed by atoms with Crippen molar-refractivity contribution in [1.82, 2.24) is 0 Å². The van der Waals surface area contributed by atoms with Gasteiger partial charge in [-0.1, -0.05) is 0 Å². The fourth-order valence-electron chi connectivity index (χ4n) is 0. The molecular formula is C6H15KSi. The molecule has 0 radical (unpaired) electrons. The van der Waals surface area contributed by atoms with Crippen molar-refractivity contribution in [2.24, 2.45) is 0 Å². The first kappa shape index (κ1) is 9.85. The molecule has 0 fully saturated rings. The van der Waals surface area contributed by atoms with Crippen molar-refractivity contribution in [3.05, 3.63) is 0 Å². The standard InChI is InChI=1S/C6H15Si.K/c1-6(2,3)7(4)5;/h1-5H3;. The Balaban J connectivity index is 4.02. The quantitative estimate of drug-likeness (QED) is 0.469.